The highest BCUT2D eigenvalue weighted by molar-refractivity contribution is 7.17. The zero-order valence-corrected chi connectivity index (χ0v) is 18.5. The molecule has 31 heavy (non-hydrogen) atoms. The van der Waals surface area contributed by atoms with E-state index in [4.69, 9.17) is 4.74 Å². The number of nitro benzene ring substituents is 1. The number of non-ortho nitro benzene ring substituents is 1. The van der Waals surface area contributed by atoms with E-state index in [1.165, 1.54) is 35.6 Å². The number of amides is 1. The Hall–Kier alpha value is -3.04. The number of esters is 1. The Morgan fingerprint density at radius 3 is 2.84 bits per heavy atom. The van der Waals surface area contributed by atoms with E-state index in [9.17, 15) is 19.7 Å². The summed E-state index contributed by atoms with van der Waals surface area (Å²) < 4.78 is 5.23. The Balaban J connectivity index is 1.83. The first-order valence-corrected chi connectivity index (χ1v) is 10.9. The van der Waals surface area contributed by atoms with Crippen molar-refractivity contribution in [3.63, 3.8) is 0 Å². The van der Waals surface area contributed by atoms with Crippen molar-refractivity contribution in [1.82, 2.24) is 4.90 Å². The van der Waals surface area contributed by atoms with Crippen LogP contribution in [0.5, 0.6) is 0 Å². The van der Waals surface area contributed by atoms with Crippen LogP contribution in [-0.4, -0.2) is 40.9 Å². The minimum Gasteiger partial charge on any atom is -0.462 e. The van der Waals surface area contributed by atoms with Crippen molar-refractivity contribution in [3.8, 4) is 0 Å². The molecule has 0 spiro atoms. The third kappa shape index (κ3) is 5.36. The van der Waals surface area contributed by atoms with Gasteiger partial charge in [0.05, 0.1) is 17.1 Å². The van der Waals surface area contributed by atoms with Crippen LogP contribution in [0.3, 0.4) is 0 Å². The van der Waals surface area contributed by atoms with E-state index in [-0.39, 0.29) is 12.3 Å². The van der Waals surface area contributed by atoms with Gasteiger partial charge in [0.1, 0.15) is 5.00 Å². The highest BCUT2D eigenvalue weighted by Crippen LogP contribution is 2.38. The predicted octanol–water partition coefficient (Wildman–Crippen LogP) is 4.25. The normalized spacial score (nSPS) is 13.9. The molecule has 8 nitrogen and oxygen atoms in total. The first-order valence-electron chi connectivity index (χ1n) is 10.1. The van der Waals surface area contributed by atoms with Crippen LogP contribution in [0.15, 0.2) is 30.3 Å². The molecule has 1 aromatic carbocycles. The largest absolute Gasteiger partial charge is 0.462 e. The molecule has 1 aliphatic rings. The minimum atomic E-state index is -0.486. The highest BCUT2D eigenvalue weighted by Gasteiger charge is 2.30. The van der Waals surface area contributed by atoms with Crippen molar-refractivity contribution in [3.05, 3.63) is 62.0 Å². The average Bonchev–Trinajstić information content (AvgIpc) is 3.09. The number of rotatable bonds is 7. The number of hydrogen-bond donors (Lipinski definition) is 1. The zero-order chi connectivity index (χ0) is 22.5. The summed E-state index contributed by atoms with van der Waals surface area (Å²) in [6, 6.07) is 6.39. The number of thiophene rings is 1. The smallest absolute Gasteiger partial charge is 0.341 e. The fourth-order valence-electron chi connectivity index (χ4n) is 3.44. The lowest BCUT2D eigenvalue weighted by molar-refractivity contribution is -0.384. The number of fused-ring (bicyclic) bond motifs is 1. The number of ether oxygens (including phenoxy) is 1. The summed E-state index contributed by atoms with van der Waals surface area (Å²) >= 11 is 1.40. The predicted molar refractivity (Wildman–Crippen MR) is 120 cm³/mol. The van der Waals surface area contributed by atoms with E-state index < -0.39 is 16.8 Å². The maximum atomic E-state index is 12.6. The number of carbonyl (C=O) groups excluding carboxylic acids is 2. The van der Waals surface area contributed by atoms with Crippen LogP contribution in [0.25, 0.3) is 6.08 Å². The Morgan fingerprint density at radius 1 is 1.39 bits per heavy atom. The summed E-state index contributed by atoms with van der Waals surface area (Å²) in [5, 5.41) is 14.2. The molecule has 0 aliphatic carbocycles. The molecule has 0 radical (unpaired) electrons. The van der Waals surface area contributed by atoms with Crippen molar-refractivity contribution < 1.29 is 19.2 Å². The monoisotopic (exact) mass is 443 g/mol. The topological polar surface area (TPSA) is 102 Å². The van der Waals surface area contributed by atoms with E-state index in [2.05, 4.69) is 24.1 Å². The van der Waals surface area contributed by atoms with Gasteiger partial charge >= 0.3 is 5.97 Å². The molecule has 1 amide bonds. The molecular formula is C22H25N3O5S. The number of carbonyl (C=O) groups is 2. The van der Waals surface area contributed by atoms with E-state index in [1.807, 2.05) is 0 Å². The fourth-order valence-corrected chi connectivity index (χ4v) is 4.70. The van der Waals surface area contributed by atoms with Crippen LogP contribution in [0.1, 0.15) is 47.1 Å². The molecule has 0 saturated carbocycles. The molecular weight excluding hydrogens is 418 g/mol. The van der Waals surface area contributed by atoms with Crippen molar-refractivity contribution in [2.75, 3.05) is 18.5 Å². The van der Waals surface area contributed by atoms with Crippen LogP contribution >= 0.6 is 11.3 Å². The SMILES string of the molecule is CCOC(=O)c1c(NC(=O)/C=C\c2cccc([N+](=O)[O-])c2)sc2c1CCN(C(C)C)C2. The van der Waals surface area contributed by atoms with E-state index >= 15 is 0 Å². The average molecular weight is 444 g/mol. The molecule has 3 rings (SSSR count). The fraction of sp³-hybridized carbons (Fsp3) is 0.364. The molecule has 9 heteroatoms. The standard InChI is InChI=1S/C22H25N3O5S/c1-4-30-22(27)20-17-10-11-24(14(2)3)13-18(17)31-21(20)23-19(26)9-8-15-6-5-7-16(12-15)25(28)29/h5-9,12,14H,4,10-11,13H2,1-3H3,(H,23,26)/b9-8-. The first-order chi connectivity index (χ1) is 14.8. The van der Waals surface area contributed by atoms with Crippen LogP contribution in [0.4, 0.5) is 10.7 Å². The quantitative estimate of drug-likeness (QED) is 0.297. The maximum Gasteiger partial charge on any atom is 0.341 e. The van der Waals surface area contributed by atoms with Gasteiger partial charge in [-0.1, -0.05) is 12.1 Å². The van der Waals surface area contributed by atoms with Gasteiger partial charge in [-0.15, -0.1) is 11.3 Å². The first kappa shape index (κ1) is 22.6. The summed E-state index contributed by atoms with van der Waals surface area (Å²) in [6.07, 6.45) is 3.52. The second kappa shape index (κ2) is 9.84. The van der Waals surface area contributed by atoms with Gasteiger partial charge in [-0.3, -0.25) is 19.8 Å². The van der Waals surface area contributed by atoms with E-state index in [0.29, 0.717) is 22.2 Å². The Morgan fingerprint density at radius 2 is 2.16 bits per heavy atom. The van der Waals surface area contributed by atoms with Gasteiger partial charge in [0, 0.05) is 42.2 Å². The molecule has 2 heterocycles. The molecule has 1 N–H and O–H groups in total. The second-order valence-electron chi connectivity index (χ2n) is 7.42. The molecule has 2 aromatic rings. The van der Waals surface area contributed by atoms with Gasteiger partial charge in [-0.05, 0) is 44.4 Å². The molecule has 0 bridgehead atoms. The Kier molecular flexibility index (Phi) is 7.19. The number of benzene rings is 1. The number of nitrogens with zero attached hydrogens (tertiary/aromatic N) is 2. The van der Waals surface area contributed by atoms with E-state index in [0.717, 1.165) is 30.0 Å². The summed E-state index contributed by atoms with van der Waals surface area (Å²) in [7, 11) is 0. The number of nitrogens with one attached hydrogen (secondary N) is 1. The van der Waals surface area contributed by atoms with Gasteiger partial charge in [0.25, 0.3) is 5.69 Å². The van der Waals surface area contributed by atoms with Crippen LogP contribution in [-0.2, 0) is 22.5 Å². The minimum absolute atomic E-state index is 0.0483. The van der Waals surface area contributed by atoms with E-state index in [1.54, 1.807) is 19.1 Å². The number of nitro groups is 1. The van der Waals surface area contributed by atoms with Gasteiger partial charge < -0.3 is 10.1 Å². The molecule has 1 aromatic heterocycles. The molecule has 164 valence electrons. The molecule has 0 fully saturated rings. The lowest BCUT2D eigenvalue weighted by atomic mass is 10.0. The van der Waals surface area contributed by atoms with Gasteiger partial charge in [0.15, 0.2) is 0 Å². The van der Waals surface area contributed by atoms with Crippen molar-refractivity contribution >= 4 is 40.0 Å². The van der Waals surface area contributed by atoms with Crippen LogP contribution < -0.4 is 5.32 Å². The lowest BCUT2D eigenvalue weighted by Crippen LogP contribution is -2.35. The Labute approximate surface area is 184 Å². The molecule has 0 unspecified atom stereocenters. The lowest BCUT2D eigenvalue weighted by Gasteiger charge is -2.30. The summed E-state index contributed by atoms with van der Waals surface area (Å²) in [4.78, 5) is 38.9. The van der Waals surface area contributed by atoms with Crippen LogP contribution in [0.2, 0.25) is 0 Å². The van der Waals surface area contributed by atoms with Gasteiger partial charge in [-0.2, -0.15) is 0 Å². The number of anilines is 1. The molecule has 1 aliphatic heterocycles. The zero-order valence-electron chi connectivity index (χ0n) is 17.7. The summed E-state index contributed by atoms with van der Waals surface area (Å²) in [5.74, 6) is -0.854. The summed E-state index contributed by atoms with van der Waals surface area (Å²) in [6.45, 7) is 7.83. The third-order valence-electron chi connectivity index (χ3n) is 5.04. The molecule has 0 atom stereocenters. The van der Waals surface area contributed by atoms with Gasteiger partial charge in [-0.25, -0.2) is 4.79 Å². The summed E-state index contributed by atoms with van der Waals surface area (Å²) in [5.41, 5.74) is 1.86. The number of hydrogen-bond acceptors (Lipinski definition) is 7. The second-order valence-corrected chi connectivity index (χ2v) is 8.52. The third-order valence-corrected chi connectivity index (χ3v) is 6.17. The van der Waals surface area contributed by atoms with Crippen molar-refractivity contribution in [1.29, 1.82) is 0 Å². The van der Waals surface area contributed by atoms with Crippen molar-refractivity contribution in [2.45, 2.75) is 39.8 Å². The van der Waals surface area contributed by atoms with Crippen molar-refractivity contribution in [2.24, 2.45) is 0 Å². The highest BCUT2D eigenvalue weighted by atomic mass is 32.1. The van der Waals surface area contributed by atoms with Crippen LogP contribution in [0, 0.1) is 10.1 Å². The maximum absolute atomic E-state index is 12.6. The molecule has 0 saturated heterocycles. The Bertz CT molecular complexity index is 1030. The van der Waals surface area contributed by atoms with Gasteiger partial charge in [0.2, 0.25) is 5.91 Å².